The first-order valence-corrected chi connectivity index (χ1v) is 6.38. The number of benzene rings is 1. The largest absolute Gasteiger partial charge is 0.411 e. The van der Waals surface area contributed by atoms with E-state index in [-0.39, 0.29) is 12.1 Å². The molecule has 6 nitrogen and oxygen atoms in total. The van der Waals surface area contributed by atoms with Crippen molar-refractivity contribution in [2.24, 2.45) is 5.16 Å². The Labute approximate surface area is 111 Å². The third-order valence-electron chi connectivity index (χ3n) is 3.10. The number of carbonyl (C=O) groups excluding carboxylic acids is 1. The molecule has 2 amide bonds. The van der Waals surface area contributed by atoms with Crippen molar-refractivity contribution < 1.29 is 10.0 Å². The van der Waals surface area contributed by atoms with Gasteiger partial charge >= 0.3 is 6.03 Å². The normalized spacial score (nSPS) is 21.1. The van der Waals surface area contributed by atoms with Crippen molar-refractivity contribution in [1.29, 1.82) is 0 Å². The van der Waals surface area contributed by atoms with Crippen LogP contribution in [-0.4, -0.2) is 23.0 Å². The van der Waals surface area contributed by atoms with Gasteiger partial charge in [0.1, 0.15) is 0 Å². The summed E-state index contributed by atoms with van der Waals surface area (Å²) in [6.45, 7) is 0. The number of nitrogens with one attached hydrogen (secondary N) is 3. The molecule has 4 N–H and O–H groups in total. The molecule has 1 saturated carbocycles. The van der Waals surface area contributed by atoms with Gasteiger partial charge in [-0.3, -0.25) is 5.43 Å². The molecule has 1 atom stereocenters. The van der Waals surface area contributed by atoms with Gasteiger partial charge < -0.3 is 10.5 Å². The van der Waals surface area contributed by atoms with E-state index in [1.54, 1.807) is 12.1 Å². The van der Waals surface area contributed by atoms with Gasteiger partial charge in [-0.15, -0.1) is 0 Å². The standard InChI is InChI=1S/C13H18N4O2/c18-13(14-10-6-2-1-3-7-10)16-15-11-8-4-5-9-12(11)17-19/h1-3,6-7,11,15,19H,4-5,8-9H2,(H2,14,16,18)/b17-12+. The number of para-hydroxylation sites is 1. The van der Waals surface area contributed by atoms with Crippen LogP contribution < -0.4 is 16.2 Å². The second kappa shape index (κ2) is 6.75. The Hall–Kier alpha value is -2.08. The van der Waals surface area contributed by atoms with Gasteiger partial charge in [-0.2, -0.15) is 0 Å². The van der Waals surface area contributed by atoms with E-state index in [9.17, 15) is 4.79 Å². The van der Waals surface area contributed by atoms with E-state index in [1.807, 2.05) is 18.2 Å². The molecular weight excluding hydrogens is 244 g/mol. The molecule has 1 aliphatic rings. The molecule has 6 heteroatoms. The van der Waals surface area contributed by atoms with Crippen LogP contribution in [0, 0.1) is 0 Å². The zero-order chi connectivity index (χ0) is 13.5. The van der Waals surface area contributed by atoms with Crippen LogP contribution in [0.4, 0.5) is 10.5 Å². The highest BCUT2D eigenvalue weighted by atomic mass is 16.4. The number of amides is 2. The highest BCUT2D eigenvalue weighted by Gasteiger charge is 2.21. The van der Waals surface area contributed by atoms with Crippen molar-refractivity contribution in [1.82, 2.24) is 10.9 Å². The van der Waals surface area contributed by atoms with Crippen LogP contribution in [0.5, 0.6) is 0 Å². The number of carbonyl (C=O) groups is 1. The van der Waals surface area contributed by atoms with Crippen LogP contribution in [0.3, 0.4) is 0 Å². The molecular formula is C13H18N4O2. The zero-order valence-electron chi connectivity index (χ0n) is 10.6. The van der Waals surface area contributed by atoms with Crippen molar-refractivity contribution in [3.05, 3.63) is 30.3 Å². The minimum Gasteiger partial charge on any atom is -0.411 e. The summed E-state index contributed by atoms with van der Waals surface area (Å²) in [5.41, 5.74) is 6.87. The molecule has 1 aromatic carbocycles. The summed E-state index contributed by atoms with van der Waals surface area (Å²) < 4.78 is 0. The predicted molar refractivity (Wildman–Crippen MR) is 73.2 cm³/mol. The van der Waals surface area contributed by atoms with Crippen molar-refractivity contribution in [2.45, 2.75) is 31.7 Å². The van der Waals surface area contributed by atoms with Gasteiger partial charge in [-0.25, -0.2) is 10.2 Å². The lowest BCUT2D eigenvalue weighted by Gasteiger charge is -2.24. The van der Waals surface area contributed by atoms with E-state index >= 15 is 0 Å². The molecule has 2 rings (SSSR count). The van der Waals surface area contributed by atoms with E-state index < -0.39 is 0 Å². The lowest BCUT2D eigenvalue weighted by atomic mass is 9.94. The van der Waals surface area contributed by atoms with Gasteiger partial charge in [-0.1, -0.05) is 29.8 Å². The maximum absolute atomic E-state index is 11.7. The summed E-state index contributed by atoms with van der Waals surface area (Å²) in [4.78, 5) is 11.7. The smallest absolute Gasteiger partial charge is 0.333 e. The third kappa shape index (κ3) is 3.96. The highest BCUT2D eigenvalue weighted by Crippen LogP contribution is 2.15. The summed E-state index contributed by atoms with van der Waals surface area (Å²) in [5, 5.41) is 14.9. The first-order chi connectivity index (χ1) is 9.29. The highest BCUT2D eigenvalue weighted by molar-refractivity contribution is 5.91. The summed E-state index contributed by atoms with van der Waals surface area (Å²) in [6.07, 6.45) is 3.69. The number of hydrazine groups is 1. The number of anilines is 1. The first-order valence-electron chi connectivity index (χ1n) is 6.38. The maximum atomic E-state index is 11.7. The number of oxime groups is 1. The molecule has 0 aliphatic heterocycles. The van der Waals surface area contributed by atoms with Crippen molar-refractivity contribution in [3.63, 3.8) is 0 Å². The zero-order valence-corrected chi connectivity index (χ0v) is 10.6. The van der Waals surface area contributed by atoms with Gasteiger partial charge in [0, 0.05) is 5.69 Å². The molecule has 102 valence electrons. The number of hydrogen-bond acceptors (Lipinski definition) is 4. The lowest BCUT2D eigenvalue weighted by Crippen LogP contribution is -2.50. The molecule has 0 aromatic heterocycles. The van der Waals surface area contributed by atoms with E-state index in [2.05, 4.69) is 21.3 Å². The van der Waals surface area contributed by atoms with Crippen molar-refractivity contribution in [3.8, 4) is 0 Å². The van der Waals surface area contributed by atoms with Crippen LogP contribution in [0.1, 0.15) is 25.7 Å². The number of urea groups is 1. The molecule has 1 aliphatic carbocycles. The Morgan fingerprint density at radius 2 is 2.05 bits per heavy atom. The van der Waals surface area contributed by atoms with Crippen LogP contribution >= 0.6 is 0 Å². The molecule has 0 saturated heterocycles. The summed E-state index contributed by atoms with van der Waals surface area (Å²) in [5.74, 6) is 0. The second-order valence-corrected chi connectivity index (χ2v) is 4.48. The molecule has 0 heterocycles. The van der Waals surface area contributed by atoms with E-state index in [0.29, 0.717) is 5.71 Å². The molecule has 19 heavy (non-hydrogen) atoms. The average molecular weight is 262 g/mol. The quantitative estimate of drug-likeness (QED) is 0.497. The topological polar surface area (TPSA) is 85.8 Å². The van der Waals surface area contributed by atoms with Gasteiger partial charge in [0.25, 0.3) is 0 Å². The Bertz CT molecular complexity index is 447. The van der Waals surface area contributed by atoms with E-state index in [1.165, 1.54) is 0 Å². The van der Waals surface area contributed by atoms with Crippen LogP contribution in [0.2, 0.25) is 0 Å². The monoisotopic (exact) mass is 262 g/mol. The van der Waals surface area contributed by atoms with Gasteiger partial charge in [-0.05, 0) is 31.4 Å². The summed E-state index contributed by atoms with van der Waals surface area (Å²) in [6, 6.07) is 8.76. The fourth-order valence-corrected chi connectivity index (χ4v) is 2.11. The number of hydrogen-bond donors (Lipinski definition) is 4. The molecule has 0 spiro atoms. The minimum atomic E-state index is -0.339. The Morgan fingerprint density at radius 1 is 1.26 bits per heavy atom. The van der Waals surface area contributed by atoms with E-state index in [4.69, 9.17) is 5.21 Å². The number of nitrogens with zero attached hydrogens (tertiary/aromatic N) is 1. The first kappa shape index (κ1) is 13.4. The second-order valence-electron chi connectivity index (χ2n) is 4.48. The summed E-state index contributed by atoms with van der Waals surface area (Å²) >= 11 is 0. The van der Waals surface area contributed by atoms with Gasteiger partial charge in [0.2, 0.25) is 0 Å². The van der Waals surface area contributed by atoms with Crippen LogP contribution in [0.15, 0.2) is 35.5 Å². The molecule has 1 unspecified atom stereocenters. The third-order valence-corrected chi connectivity index (χ3v) is 3.10. The minimum absolute atomic E-state index is 0.0970. The molecule has 0 radical (unpaired) electrons. The predicted octanol–water partition coefficient (Wildman–Crippen LogP) is 2.09. The summed E-state index contributed by atoms with van der Waals surface area (Å²) in [7, 11) is 0. The van der Waals surface area contributed by atoms with Gasteiger partial charge in [0.15, 0.2) is 0 Å². The van der Waals surface area contributed by atoms with Gasteiger partial charge in [0.05, 0.1) is 11.8 Å². The molecule has 1 aromatic rings. The molecule has 1 fully saturated rings. The Morgan fingerprint density at radius 3 is 2.79 bits per heavy atom. The van der Waals surface area contributed by atoms with Crippen LogP contribution in [-0.2, 0) is 0 Å². The SMILES string of the molecule is O=C(NNC1CCCC/C1=N\O)Nc1ccccc1. The number of rotatable bonds is 3. The van der Waals surface area contributed by atoms with Crippen LogP contribution in [0.25, 0.3) is 0 Å². The van der Waals surface area contributed by atoms with E-state index in [0.717, 1.165) is 31.4 Å². The fourth-order valence-electron chi connectivity index (χ4n) is 2.11. The Kier molecular flexibility index (Phi) is 4.74. The van der Waals surface area contributed by atoms with Crippen molar-refractivity contribution >= 4 is 17.4 Å². The van der Waals surface area contributed by atoms with Crippen molar-refractivity contribution in [2.75, 3.05) is 5.32 Å². The lowest BCUT2D eigenvalue weighted by molar-refractivity contribution is 0.245. The fraction of sp³-hybridized carbons (Fsp3) is 0.385. The average Bonchev–Trinajstić information content (AvgIpc) is 2.46. The Balaban J connectivity index is 1.80. The maximum Gasteiger partial charge on any atom is 0.333 e. The molecule has 0 bridgehead atoms.